The third kappa shape index (κ3) is 2.41. The molecule has 0 spiro atoms. The summed E-state index contributed by atoms with van der Waals surface area (Å²) in [5.74, 6) is -0.337. The zero-order valence-electron chi connectivity index (χ0n) is 8.80. The van der Waals surface area contributed by atoms with E-state index in [2.05, 4.69) is 5.32 Å². The van der Waals surface area contributed by atoms with Crippen LogP contribution in [0.25, 0.3) is 0 Å². The molecule has 0 aromatic heterocycles. The smallest absolute Gasteiger partial charge is 0.148 e. The van der Waals surface area contributed by atoms with E-state index >= 15 is 0 Å². The number of para-hydroxylation sites is 1. The van der Waals surface area contributed by atoms with Crippen molar-refractivity contribution in [1.82, 2.24) is 0 Å². The van der Waals surface area contributed by atoms with Crippen molar-refractivity contribution >= 4 is 11.4 Å². The summed E-state index contributed by atoms with van der Waals surface area (Å²) in [5.41, 5.74) is 6.64. The van der Waals surface area contributed by atoms with Gasteiger partial charge in [-0.3, -0.25) is 0 Å². The predicted octanol–water partition coefficient (Wildman–Crippen LogP) is 3.15. The Morgan fingerprint density at radius 3 is 2.67 bits per heavy atom. The van der Waals surface area contributed by atoms with Crippen LogP contribution >= 0.6 is 0 Å². The molecule has 0 aliphatic heterocycles. The Morgan fingerprint density at radius 2 is 1.93 bits per heavy atom. The fraction of sp³-hybridized carbons (Fsp3) is 0.500. The largest absolute Gasteiger partial charge is 0.395 e. The van der Waals surface area contributed by atoms with Crippen molar-refractivity contribution in [2.45, 2.75) is 38.1 Å². The summed E-state index contributed by atoms with van der Waals surface area (Å²) in [4.78, 5) is 0. The Balaban J connectivity index is 2.06. The molecule has 0 saturated heterocycles. The van der Waals surface area contributed by atoms with E-state index in [9.17, 15) is 4.39 Å². The van der Waals surface area contributed by atoms with E-state index in [0.717, 1.165) is 18.5 Å². The number of nitrogens with two attached hydrogens (primary N) is 1. The molecule has 3 heteroatoms. The van der Waals surface area contributed by atoms with Gasteiger partial charge in [-0.1, -0.05) is 25.3 Å². The molecular weight excluding hydrogens is 191 g/mol. The Bertz CT molecular complexity index is 332. The van der Waals surface area contributed by atoms with Gasteiger partial charge in [0.2, 0.25) is 0 Å². The molecule has 1 fully saturated rings. The Hall–Kier alpha value is -1.25. The number of anilines is 2. The molecule has 1 aromatic rings. The fourth-order valence-corrected chi connectivity index (χ4v) is 2.13. The minimum atomic E-state index is -0.337. The SMILES string of the molecule is Nc1c(F)cccc1NC1CCCCC1. The van der Waals surface area contributed by atoms with Gasteiger partial charge in [0, 0.05) is 6.04 Å². The monoisotopic (exact) mass is 208 g/mol. The van der Waals surface area contributed by atoms with Gasteiger partial charge in [0.25, 0.3) is 0 Å². The highest BCUT2D eigenvalue weighted by molar-refractivity contribution is 5.66. The van der Waals surface area contributed by atoms with Crippen LogP contribution in [0.5, 0.6) is 0 Å². The second-order valence-corrected chi connectivity index (χ2v) is 4.18. The summed E-state index contributed by atoms with van der Waals surface area (Å²) in [5, 5.41) is 3.32. The first kappa shape index (κ1) is 10.3. The maximum atomic E-state index is 13.2. The van der Waals surface area contributed by atoms with Gasteiger partial charge in [-0.05, 0) is 25.0 Å². The van der Waals surface area contributed by atoms with Crippen LogP contribution < -0.4 is 11.1 Å². The van der Waals surface area contributed by atoms with Crippen LogP contribution in [0.15, 0.2) is 18.2 Å². The number of nitrogens with one attached hydrogen (secondary N) is 1. The summed E-state index contributed by atoms with van der Waals surface area (Å²) in [6.07, 6.45) is 6.16. The van der Waals surface area contributed by atoms with Crippen molar-refractivity contribution in [2.24, 2.45) is 0 Å². The van der Waals surface area contributed by atoms with Crippen molar-refractivity contribution < 1.29 is 4.39 Å². The maximum absolute atomic E-state index is 13.2. The zero-order chi connectivity index (χ0) is 10.7. The first-order valence-electron chi connectivity index (χ1n) is 5.58. The van der Waals surface area contributed by atoms with Crippen LogP contribution in [-0.2, 0) is 0 Å². The van der Waals surface area contributed by atoms with Gasteiger partial charge in [0.15, 0.2) is 0 Å². The lowest BCUT2D eigenvalue weighted by atomic mass is 9.95. The molecule has 2 nitrogen and oxygen atoms in total. The Kier molecular flexibility index (Phi) is 3.09. The first-order chi connectivity index (χ1) is 7.27. The number of nitrogen functional groups attached to an aromatic ring is 1. The zero-order valence-corrected chi connectivity index (χ0v) is 8.80. The standard InChI is InChI=1S/C12H17FN2/c13-10-7-4-8-11(12(10)14)15-9-5-2-1-3-6-9/h4,7-9,15H,1-3,5-6,14H2. The minimum absolute atomic E-state index is 0.239. The van der Waals surface area contributed by atoms with Gasteiger partial charge in [-0.15, -0.1) is 0 Å². The van der Waals surface area contributed by atoms with E-state index < -0.39 is 0 Å². The van der Waals surface area contributed by atoms with Crippen LogP contribution in [-0.4, -0.2) is 6.04 Å². The molecule has 0 radical (unpaired) electrons. The van der Waals surface area contributed by atoms with Gasteiger partial charge in [-0.25, -0.2) is 4.39 Å². The van der Waals surface area contributed by atoms with Crippen LogP contribution in [0.3, 0.4) is 0 Å². The van der Waals surface area contributed by atoms with E-state index in [4.69, 9.17) is 5.73 Å². The van der Waals surface area contributed by atoms with E-state index in [-0.39, 0.29) is 11.5 Å². The van der Waals surface area contributed by atoms with Crippen molar-refractivity contribution in [3.63, 3.8) is 0 Å². The minimum Gasteiger partial charge on any atom is -0.395 e. The van der Waals surface area contributed by atoms with Crippen LogP contribution in [0.4, 0.5) is 15.8 Å². The topological polar surface area (TPSA) is 38.0 Å². The summed E-state index contributed by atoms with van der Waals surface area (Å²) in [6, 6.07) is 5.38. The van der Waals surface area contributed by atoms with Crippen LogP contribution in [0.1, 0.15) is 32.1 Å². The number of halogens is 1. The Labute approximate surface area is 89.7 Å². The van der Waals surface area contributed by atoms with E-state index in [1.165, 1.54) is 25.3 Å². The number of benzene rings is 1. The van der Waals surface area contributed by atoms with E-state index in [0.29, 0.717) is 6.04 Å². The average Bonchev–Trinajstić information content (AvgIpc) is 2.26. The van der Waals surface area contributed by atoms with Crippen LogP contribution in [0, 0.1) is 5.82 Å². The lowest BCUT2D eigenvalue weighted by Crippen LogP contribution is -2.22. The van der Waals surface area contributed by atoms with Crippen molar-refractivity contribution in [2.75, 3.05) is 11.1 Å². The molecule has 0 heterocycles. The molecule has 15 heavy (non-hydrogen) atoms. The highest BCUT2D eigenvalue weighted by Crippen LogP contribution is 2.26. The second kappa shape index (κ2) is 4.51. The highest BCUT2D eigenvalue weighted by atomic mass is 19.1. The molecule has 82 valence electrons. The molecule has 0 bridgehead atoms. The predicted molar refractivity (Wildman–Crippen MR) is 61.3 cm³/mol. The van der Waals surface area contributed by atoms with Gasteiger partial charge in [0.1, 0.15) is 5.82 Å². The normalized spacial score (nSPS) is 17.7. The molecule has 0 amide bonds. The summed E-state index contributed by atoms with van der Waals surface area (Å²) in [6.45, 7) is 0. The quantitative estimate of drug-likeness (QED) is 0.733. The third-order valence-corrected chi connectivity index (χ3v) is 3.02. The number of rotatable bonds is 2. The molecule has 2 rings (SSSR count). The number of hydrogen-bond acceptors (Lipinski definition) is 2. The van der Waals surface area contributed by atoms with Gasteiger partial charge >= 0.3 is 0 Å². The van der Waals surface area contributed by atoms with Gasteiger partial charge in [0.05, 0.1) is 11.4 Å². The first-order valence-corrected chi connectivity index (χ1v) is 5.58. The van der Waals surface area contributed by atoms with Crippen molar-refractivity contribution in [3.05, 3.63) is 24.0 Å². The fourth-order valence-electron chi connectivity index (χ4n) is 2.13. The summed E-state index contributed by atoms with van der Waals surface area (Å²) < 4.78 is 13.2. The lowest BCUT2D eigenvalue weighted by Gasteiger charge is -2.24. The second-order valence-electron chi connectivity index (χ2n) is 4.18. The lowest BCUT2D eigenvalue weighted by molar-refractivity contribution is 0.462. The molecule has 3 N–H and O–H groups in total. The van der Waals surface area contributed by atoms with Crippen molar-refractivity contribution in [3.8, 4) is 0 Å². The molecule has 0 unspecified atom stereocenters. The highest BCUT2D eigenvalue weighted by Gasteiger charge is 2.14. The van der Waals surface area contributed by atoms with Gasteiger partial charge in [-0.2, -0.15) is 0 Å². The van der Waals surface area contributed by atoms with Crippen LogP contribution in [0.2, 0.25) is 0 Å². The molecule has 1 aliphatic rings. The summed E-state index contributed by atoms with van der Waals surface area (Å²) >= 11 is 0. The Morgan fingerprint density at radius 1 is 1.20 bits per heavy atom. The molecule has 1 aliphatic carbocycles. The molecule has 0 atom stereocenters. The molecular formula is C12H17FN2. The average molecular weight is 208 g/mol. The molecule has 1 saturated carbocycles. The maximum Gasteiger partial charge on any atom is 0.148 e. The van der Waals surface area contributed by atoms with Gasteiger partial charge < -0.3 is 11.1 Å². The third-order valence-electron chi connectivity index (χ3n) is 3.02. The van der Waals surface area contributed by atoms with E-state index in [1.807, 2.05) is 6.07 Å². The summed E-state index contributed by atoms with van der Waals surface area (Å²) in [7, 11) is 0. The number of hydrogen-bond donors (Lipinski definition) is 2. The van der Waals surface area contributed by atoms with Crippen molar-refractivity contribution in [1.29, 1.82) is 0 Å². The molecule has 1 aromatic carbocycles. The van der Waals surface area contributed by atoms with E-state index in [1.54, 1.807) is 6.07 Å².